The number of nitrogens with zero attached hydrogens (tertiary/aromatic N) is 3. The van der Waals surface area contributed by atoms with Crippen molar-refractivity contribution in [3.8, 4) is 11.5 Å². The second-order valence-corrected chi connectivity index (χ2v) is 7.15. The summed E-state index contributed by atoms with van der Waals surface area (Å²) in [5.41, 5.74) is 2.93. The van der Waals surface area contributed by atoms with Gasteiger partial charge in [-0.25, -0.2) is 0 Å². The van der Waals surface area contributed by atoms with Crippen LogP contribution in [0.15, 0.2) is 64.2 Å². The fourth-order valence-corrected chi connectivity index (χ4v) is 3.22. The molecule has 2 aromatic carbocycles. The van der Waals surface area contributed by atoms with Crippen molar-refractivity contribution in [1.82, 2.24) is 10.2 Å². The molecule has 0 atom stereocenters. The van der Waals surface area contributed by atoms with E-state index in [-0.39, 0.29) is 17.7 Å². The van der Waals surface area contributed by atoms with Gasteiger partial charge in [0.2, 0.25) is 11.8 Å². The number of aryl methyl sites for hydroxylation is 1. The molecule has 0 radical (unpaired) electrons. The summed E-state index contributed by atoms with van der Waals surface area (Å²) in [5, 5.41) is 8.50. The normalized spacial score (nSPS) is 10.9. The van der Waals surface area contributed by atoms with Crippen LogP contribution in [0, 0.1) is 6.92 Å². The topological polar surface area (TPSA) is 59.2 Å². The van der Waals surface area contributed by atoms with Crippen LogP contribution in [-0.4, -0.2) is 27.9 Å². The van der Waals surface area contributed by atoms with E-state index in [1.807, 2.05) is 75.4 Å². The van der Waals surface area contributed by atoms with Crippen LogP contribution < -0.4 is 4.90 Å². The van der Waals surface area contributed by atoms with Gasteiger partial charge in [0.25, 0.3) is 5.22 Å². The Morgan fingerprint density at radius 1 is 1.08 bits per heavy atom. The Hall–Kier alpha value is -2.60. The summed E-state index contributed by atoms with van der Waals surface area (Å²) in [6, 6.07) is 17.6. The third-order valence-corrected chi connectivity index (χ3v) is 4.65. The van der Waals surface area contributed by atoms with Gasteiger partial charge in [-0.05, 0) is 45.0 Å². The van der Waals surface area contributed by atoms with Crippen molar-refractivity contribution in [2.24, 2.45) is 0 Å². The van der Waals surface area contributed by atoms with E-state index in [0.717, 1.165) is 11.3 Å². The molecule has 6 heteroatoms. The number of thioether (sulfide) groups is 1. The van der Waals surface area contributed by atoms with E-state index < -0.39 is 0 Å². The first-order valence-electron chi connectivity index (χ1n) is 8.45. The number of hydrogen-bond donors (Lipinski definition) is 0. The Balaban J connectivity index is 1.66. The van der Waals surface area contributed by atoms with Crippen LogP contribution in [0.1, 0.15) is 19.4 Å². The van der Waals surface area contributed by atoms with Crippen molar-refractivity contribution in [1.29, 1.82) is 0 Å². The summed E-state index contributed by atoms with van der Waals surface area (Å²) in [5.74, 6) is 0.706. The first-order chi connectivity index (χ1) is 12.5. The molecule has 1 heterocycles. The van der Waals surface area contributed by atoms with E-state index in [2.05, 4.69) is 10.2 Å². The van der Waals surface area contributed by atoms with Crippen molar-refractivity contribution < 1.29 is 9.21 Å². The minimum atomic E-state index is 0.00582. The highest BCUT2D eigenvalue weighted by Gasteiger charge is 2.20. The lowest BCUT2D eigenvalue weighted by Crippen LogP contribution is -2.38. The van der Waals surface area contributed by atoms with Crippen LogP contribution in [-0.2, 0) is 4.79 Å². The fourth-order valence-electron chi connectivity index (χ4n) is 2.59. The summed E-state index contributed by atoms with van der Waals surface area (Å²) in [4.78, 5) is 14.5. The lowest BCUT2D eigenvalue weighted by Gasteiger charge is -2.26. The zero-order valence-electron chi connectivity index (χ0n) is 15.0. The molecule has 0 aliphatic rings. The Morgan fingerprint density at radius 3 is 2.42 bits per heavy atom. The predicted molar refractivity (Wildman–Crippen MR) is 104 cm³/mol. The van der Waals surface area contributed by atoms with E-state index in [0.29, 0.717) is 11.1 Å². The summed E-state index contributed by atoms with van der Waals surface area (Å²) < 4.78 is 5.68. The van der Waals surface area contributed by atoms with Gasteiger partial charge in [-0.2, -0.15) is 0 Å². The number of carbonyl (C=O) groups is 1. The number of aromatic nitrogens is 2. The first-order valence-corrected chi connectivity index (χ1v) is 9.43. The molecule has 0 aliphatic heterocycles. The van der Waals surface area contributed by atoms with Crippen LogP contribution in [0.5, 0.6) is 0 Å². The third-order valence-electron chi connectivity index (χ3n) is 3.84. The second kappa shape index (κ2) is 8.19. The molecular weight excluding hydrogens is 346 g/mol. The number of amides is 1. The Morgan fingerprint density at radius 2 is 1.77 bits per heavy atom. The maximum absolute atomic E-state index is 12.7. The van der Waals surface area contributed by atoms with Gasteiger partial charge in [0.1, 0.15) is 0 Å². The van der Waals surface area contributed by atoms with Crippen LogP contribution >= 0.6 is 11.8 Å². The number of para-hydroxylation sites is 1. The monoisotopic (exact) mass is 367 g/mol. The molecule has 0 saturated heterocycles. The zero-order valence-corrected chi connectivity index (χ0v) is 15.9. The quantitative estimate of drug-likeness (QED) is 0.597. The summed E-state index contributed by atoms with van der Waals surface area (Å²) in [6.45, 7) is 6.02. The fraction of sp³-hybridized carbons (Fsp3) is 0.250. The van der Waals surface area contributed by atoms with Crippen LogP contribution in [0.2, 0.25) is 0 Å². The molecule has 0 spiro atoms. The van der Waals surface area contributed by atoms with Gasteiger partial charge in [0, 0.05) is 17.3 Å². The van der Waals surface area contributed by atoms with Gasteiger partial charge in [0.15, 0.2) is 0 Å². The van der Waals surface area contributed by atoms with Crippen molar-refractivity contribution in [2.75, 3.05) is 10.7 Å². The number of hydrogen-bond acceptors (Lipinski definition) is 5. The SMILES string of the molecule is Cc1ccc(-c2nnc(SCC(=O)N(c3ccccc3)C(C)C)o2)cc1. The molecule has 5 nitrogen and oxygen atoms in total. The van der Waals surface area contributed by atoms with Gasteiger partial charge < -0.3 is 9.32 Å². The molecule has 1 aromatic heterocycles. The molecule has 0 bridgehead atoms. The van der Waals surface area contributed by atoms with Gasteiger partial charge in [-0.3, -0.25) is 4.79 Å². The molecule has 0 saturated carbocycles. The number of rotatable bonds is 6. The van der Waals surface area contributed by atoms with Gasteiger partial charge >= 0.3 is 0 Å². The molecule has 3 aromatic rings. The van der Waals surface area contributed by atoms with Crippen molar-refractivity contribution in [2.45, 2.75) is 32.0 Å². The molecule has 134 valence electrons. The maximum atomic E-state index is 12.7. The first kappa shape index (κ1) is 18.2. The molecule has 0 N–H and O–H groups in total. The molecule has 0 unspecified atom stereocenters. The average Bonchev–Trinajstić information content (AvgIpc) is 3.10. The molecular formula is C20H21N3O2S. The highest BCUT2D eigenvalue weighted by atomic mass is 32.2. The highest BCUT2D eigenvalue weighted by Crippen LogP contribution is 2.25. The van der Waals surface area contributed by atoms with E-state index in [1.54, 1.807) is 4.90 Å². The third kappa shape index (κ3) is 4.32. The summed E-state index contributed by atoms with van der Waals surface area (Å²) >= 11 is 1.26. The standard InChI is InChI=1S/C20H21N3O2S/c1-14(2)23(17-7-5-4-6-8-17)18(24)13-26-20-22-21-19(25-20)16-11-9-15(3)10-12-16/h4-12,14H,13H2,1-3H3. The molecule has 3 rings (SSSR count). The summed E-state index contributed by atoms with van der Waals surface area (Å²) in [7, 11) is 0. The Bertz CT molecular complexity index is 860. The van der Waals surface area contributed by atoms with E-state index in [4.69, 9.17) is 4.42 Å². The van der Waals surface area contributed by atoms with Crippen LogP contribution in [0.3, 0.4) is 0 Å². The smallest absolute Gasteiger partial charge is 0.277 e. The number of carbonyl (C=O) groups excluding carboxylic acids is 1. The van der Waals surface area contributed by atoms with E-state index in [9.17, 15) is 4.79 Å². The Kier molecular flexibility index (Phi) is 5.73. The number of anilines is 1. The Labute approximate surface area is 157 Å². The van der Waals surface area contributed by atoms with E-state index in [1.165, 1.54) is 17.3 Å². The lowest BCUT2D eigenvalue weighted by atomic mass is 10.1. The van der Waals surface area contributed by atoms with Crippen LogP contribution in [0.4, 0.5) is 5.69 Å². The lowest BCUT2D eigenvalue weighted by molar-refractivity contribution is -0.116. The van der Waals surface area contributed by atoms with Crippen molar-refractivity contribution >= 4 is 23.4 Å². The molecule has 26 heavy (non-hydrogen) atoms. The van der Waals surface area contributed by atoms with E-state index >= 15 is 0 Å². The molecule has 0 aliphatic carbocycles. The average molecular weight is 367 g/mol. The van der Waals surface area contributed by atoms with Gasteiger partial charge in [0.05, 0.1) is 5.75 Å². The largest absolute Gasteiger partial charge is 0.411 e. The van der Waals surface area contributed by atoms with Crippen molar-refractivity contribution in [3.63, 3.8) is 0 Å². The highest BCUT2D eigenvalue weighted by molar-refractivity contribution is 7.99. The van der Waals surface area contributed by atoms with Crippen molar-refractivity contribution in [3.05, 3.63) is 60.2 Å². The minimum absolute atomic E-state index is 0.00582. The zero-order chi connectivity index (χ0) is 18.5. The number of benzene rings is 2. The summed E-state index contributed by atoms with van der Waals surface area (Å²) in [6.07, 6.45) is 0. The van der Waals surface area contributed by atoms with Gasteiger partial charge in [-0.1, -0.05) is 47.7 Å². The molecule has 0 fully saturated rings. The maximum Gasteiger partial charge on any atom is 0.277 e. The molecule has 1 amide bonds. The van der Waals surface area contributed by atoms with Crippen LogP contribution in [0.25, 0.3) is 11.5 Å². The minimum Gasteiger partial charge on any atom is -0.411 e. The van der Waals surface area contributed by atoms with Gasteiger partial charge in [-0.15, -0.1) is 10.2 Å². The second-order valence-electron chi connectivity index (χ2n) is 6.22. The predicted octanol–water partition coefficient (Wildman–Crippen LogP) is 4.58.